The Balaban J connectivity index is 1.49. The first-order valence-electron chi connectivity index (χ1n) is 13.5. The minimum atomic E-state index is -0.401. The molecule has 0 aliphatic rings. The smallest absolute Gasteiger partial charge is 0.224 e. The first kappa shape index (κ1) is 28.8. The third-order valence-electron chi connectivity index (χ3n) is 6.74. The van der Waals surface area contributed by atoms with Crippen LogP contribution in [0.3, 0.4) is 0 Å². The van der Waals surface area contributed by atoms with Crippen LogP contribution >= 0.6 is 0 Å². The summed E-state index contributed by atoms with van der Waals surface area (Å²) in [5, 5.41) is 0. The van der Waals surface area contributed by atoms with Crippen molar-refractivity contribution in [1.82, 2.24) is 0 Å². The quantitative estimate of drug-likeness (QED) is 0.169. The first-order valence-corrected chi connectivity index (χ1v) is 13.5. The maximum atomic E-state index is 14.4. The Kier molecular flexibility index (Phi) is 10.3. The number of methoxy groups -OCH3 is 1. The lowest BCUT2D eigenvalue weighted by Gasteiger charge is -2.26. The molecular formula is C34H36FNO4. The normalized spacial score (nSPS) is 10.8. The Morgan fingerprint density at radius 2 is 1.57 bits per heavy atom. The summed E-state index contributed by atoms with van der Waals surface area (Å²) in [4.78, 5) is 14.5. The number of carbonyl (C=O) groups is 1. The lowest BCUT2D eigenvalue weighted by molar-refractivity contribution is -0.116. The van der Waals surface area contributed by atoms with Crippen LogP contribution in [0.2, 0.25) is 0 Å². The van der Waals surface area contributed by atoms with E-state index in [-0.39, 0.29) is 12.5 Å². The first-order chi connectivity index (χ1) is 19.5. The molecule has 0 aliphatic carbocycles. The summed E-state index contributed by atoms with van der Waals surface area (Å²) in [7, 11) is 1.59. The number of amides is 1. The summed E-state index contributed by atoms with van der Waals surface area (Å²) in [6.45, 7) is 5.06. The van der Waals surface area contributed by atoms with Crippen LogP contribution in [0.15, 0.2) is 91.0 Å². The number of anilines is 1. The fourth-order valence-electron chi connectivity index (χ4n) is 4.51. The number of hydrogen-bond acceptors (Lipinski definition) is 4. The molecule has 1 amide bonds. The molecule has 4 aromatic rings. The van der Waals surface area contributed by atoms with Gasteiger partial charge in [-0.15, -0.1) is 0 Å². The van der Waals surface area contributed by atoms with E-state index in [1.54, 1.807) is 18.1 Å². The largest absolute Gasteiger partial charge is 0.497 e. The van der Waals surface area contributed by atoms with Gasteiger partial charge in [0.2, 0.25) is 5.91 Å². The number of aryl methyl sites for hydroxylation is 1. The molecule has 0 aromatic heterocycles. The van der Waals surface area contributed by atoms with Crippen molar-refractivity contribution in [2.24, 2.45) is 0 Å². The predicted molar refractivity (Wildman–Crippen MR) is 156 cm³/mol. The second-order valence-corrected chi connectivity index (χ2v) is 9.59. The highest BCUT2D eigenvalue weighted by Crippen LogP contribution is 2.31. The fraction of sp³-hybridized carbons (Fsp3) is 0.265. The summed E-state index contributed by atoms with van der Waals surface area (Å²) >= 11 is 0. The minimum Gasteiger partial charge on any atom is -0.497 e. The van der Waals surface area contributed by atoms with Gasteiger partial charge >= 0.3 is 0 Å². The highest BCUT2D eigenvalue weighted by molar-refractivity contribution is 5.92. The van der Waals surface area contributed by atoms with Crippen LogP contribution in [0.4, 0.5) is 10.1 Å². The van der Waals surface area contributed by atoms with E-state index in [1.165, 1.54) is 24.6 Å². The highest BCUT2D eigenvalue weighted by atomic mass is 19.1. The van der Waals surface area contributed by atoms with Crippen molar-refractivity contribution >= 4 is 11.6 Å². The van der Waals surface area contributed by atoms with Crippen LogP contribution in [0.5, 0.6) is 11.5 Å². The van der Waals surface area contributed by atoms with Gasteiger partial charge in [0.1, 0.15) is 23.9 Å². The molecule has 0 aliphatic heterocycles. The maximum Gasteiger partial charge on any atom is 0.224 e. The Morgan fingerprint density at radius 3 is 2.27 bits per heavy atom. The monoisotopic (exact) mass is 541 g/mol. The molecule has 4 rings (SSSR count). The van der Waals surface area contributed by atoms with Gasteiger partial charge in [0.25, 0.3) is 0 Å². The van der Waals surface area contributed by atoms with Crippen molar-refractivity contribution in [1.29, 1.82) is 0 Å². The highest BCUT2D eigenvalue weighted by Gasteiger charge is 2.20. The molecule has 6 heteroatoms. The van der Waals surface area contributed by atoms with Crippen molar-refractivity contribution in [2.45, 2.75) is 39.8 Å². The molecule has 0 fully saturated rings. The molecule has 0 N–H and O–H groups in total. The lowest BCUT2D eigenvalue weighted by atomic mass is 10.0. The molecule has 0 bridgehead atoms. The number of rotatable bonds is 13. The van der Waals surface area contributed by atoms with Gasteiger partial charge in [0, 0.05) is 12.5 Å². The van der Waals surface area contributed by atoms with Crippen LogP contribution in [-0.4, -0.2) is 26.2 Å². The molecule has 0 saturated carbocycles. The van der Waals surface area contributed by atoms with E-state index >= 15 is 0 Å². The van der Waals surface area contributed by atoms with Crippen LogP contribution < -0.4 is 14.4 Å². The van der Waals surface area contributed by atoms with Gasteiger partial charge in [-0.05, 0) is 65.4 Å². The summed E-state index contributed by atoms with van der Waals surface area (Å²) in [5.74, 6) is 0.651. The molecular weight excluding hydrogens is 505 g/mol. The Bertz CT molecular complexity index is 1390. The molecule has 4 aromatic carbocycles. The van der Waals surface area contributed by atoms with E-state index < -0.39 is 5.82 Å². The van der Waals surface area contributed by atoms with Crippen LogP contribution in [0.25, 0.3) is 0 Å². The third-order valence-corrected chi connectivity index (χ3v) is 6.74. The maximum absolute atomic E-state index is 14.4. The van der Waals surface area contributed by atoms with Gasteiger partial charge in [0.05, 0.1) is 32.6 Å². The summed E-state index contributed by atoms with van der Waals surface area (Å²) < 4.78 is 31.8. The SMILES string of the molecule is CCc1ccc(COCCOc2ccc(OC)cc2CN(C(C)=O)c2cc(F)ccc2Cc2ccccc2)cc1. The fourth-order valence-corrected chi connectivity index (χ4v) is 4.51. The van der Waals surface area contributed by atoms with E-state index in [1.807, 2.05) is 48.5 Å². The van der Waals surface area contributed by atoms with Gasteiger partial charge in [-0.25, -0.2) is 4.39 Å². The van der Waals surface area contributed by atoms with Gasteiger partial charge in [-0.1, -0.05) is 67.6 Å². The summed E-state index contributed by atoms with van der Waals surface area (Å²) in [5.41, 5.74) is 5.62. The van der Waals surface area contributed by atoms with Crippen molar-refractivity contribution in [2.75, 3.05) is 25.2 Å². The number of halogens is 1. The van der Waals surface area contributed by atoms with Crippen molar-refractivity contribution in [3.63, 3.8) is 0 Å². The van der Waals surface area contributed by atoms with Gasteiger partial charge in [-0.3, -0.25) is 4.79 Å². The summed E-state index contributed by atoms with van der Waals surface area (Å²) in [6.07, 6.45) is 1.58. The average Bonchev–Trinajstić information content (AvgIpc) is 2.98. The zero-order chi connectivity index (χ0) is 28.3. The molecule has 0 atom stereocenters. The predicted octanol–water partition coefficient (Wildman–Crippen LogP) is 7.14. The molecule has 0 spiro atoms. The second kappa shape index (κ2) is 14.3. The standard InChI is InChI=1S/C34H36FNO4/c1-4-26-10-12-28(13-11-26)24-39-18-19-40-34-17-16-32(38-3)21-30(34)23-36(25(2)37)33-22-31(35)15-14-29(33)20-27-8-6-5-7-9-27/h5-17,21-22H,4,18-20,23-24H2,1-3H3. The molecule has 0 unspecified atom stereocenters. The van der Waals surface area contributed by atoms with Crippen molar-refractivity contribution in [3.8, 4) is 11.5 Å². The lowest BCUT2D eigenvalue weighted by Crippen LogP contribution is -2.29. The Morgan fingerprint density at radius 1 is 0.825 bits per heavy atom. The number of benzene rings is 4. The van der Waals surface area contributed by atoms with Gasteiger partial charge in [0.15, 0.2) is 0 Å². The van der Waals surface area contributed by atoms with Crippen LogP contribution in [-0.2, 0) is 35.5 Å². The zero-order valence-electron chi connectivity index (χ0n) is 23.4. The van der Waals surface area contributed by atoms with E-state index in [2.05, 4.69) is 31.2 Å². The van der Waals surface area contributed by atoms with Crippen LogP contribution in [0.1, 0.15) is 41.7 Å². The molecule has 0 heterocycles. The molecule has 40 heavy (non-hydrogen) atoms. The number of nitrogens with zero attached hydrogens (tertiary/aromatic N) is 1. The van der Waals surface area contributed by atoms with Crippen molar-refractivity contribution in [3.05, 3.63) is 125 Å². The van der Waals surface area contributed by atoms with E-state index in [0.29, 0.717) is 43.4 Å². The van der Waals surface area contributed by atoms with Crippen LogP contribution in [0, 0.1) is 5.82 Å². The molecule has 0 saturated heterocycles. The summed E-state index contributed by atoms with van der Waals surface area (Å²) in [6, 6.07) is 28.4. The second-order valence-electron chi connectivity index (χ2n) is 9.59. The number of carbonyl (C=O) groups excluding carboxylic acids is 1. The molecule has 0 radical (unpaired) electrons. The average molecular weight is 542 g/mol. The van der Waals surface area contributed by atoms with E-state index in [0.717, 1.165) is 28.7 Å². The minimum absolute atomic E-state index is 0.192. The van der Waals surface area contributed by atoms with E-state index in [9.17, 15) is 9.18 Å². The molecule has 208 valence electrons. The number of ether oxygens (including phenoxy) is 3. The number of hydrogen-bond donors (Lipinski definition) is 0. The van der Waals surface area contributed by atoms with Gasteiger partial charge in [-0.2, -0.15) is 0 Å². The Hall–Kier alpha value is -4.16. The third kappa shape index (κ3) is 7.93. The molecule has 5 nitrogen and oxygen atoms in total. The van der Waals surface area contributed by atoms with Gasteiger partial charge < -0.3 is 19.1 Å². The van der Waals surface area contributed by atoms with E-state index in [4.69, 9.17) is 14.2 Å². The zero-order valence-corrected chi connectivity index (χ0v) is 23.4. The topological polar surface area (TPSA) is 48.0 Å². The Labute approximate surface area is 236 Å². The van der Waals surface area contributed by atoms with Crippen molar-refractivity contribution < 1.29 is 23.4 Å².